The standard InChI is InChI=1S/C13H20FN3O2S/c14-11-8-12(15)10-13(9-11)20(18,19)16-4-3-7-17-5-1-2-6-17/h8-10,16H,1-7,15H2. The van der Waals surface area contributed by atoms with E-state index < -0.39 is 15.8 Å². The fourth-order valence-electron chi connectivity index (χ4n) is 2.34. The number of rotatable bonds is 6. The Labute approximate surface area is 119 Å². The second-order valence-corrected chi connectivity index (χ2v) is 6.79. The molecule has 1 fully saturated rings. The van der Waals surface area contributed by atoms with Gasteiger partial charge in [0.15, 0.2) is 0 Å². The van der Waals surface area contributed by atoms with Crippen LogP contribution >= 0.6 is 0 Å². The number of nitrogens with two attached hydrogens (primary N) is 1. The molecule has 0 unspecified atom stereocenters. The summed E-state index contributed by atoms with van der Waals surface area (Å²) in [4.78, 5) is 2.19. The van der Waals surface area contributed by atoms with Crippen LogP contribution < -0.4 is 10.5 Å². The summed E-state index contributed by atoms with van der Waals surface area (Å²) in [6, 6.07) is 3.32. The molecule has 0 atom stereocenters. The maximum atomic E-state index is 13.2. The van der Waals surface area contributed by atoms with E-state index >= 15 is 0 Å². The average molecular weight is 301 g/mol. The predicted molar refractivity (Wildman–Crippen MR) is 76.3 cm³/mol. The van der Waals surface area contributed by atoms with E-state index in [1.54, 1.807) is 0 Å². The summed E-state index contributed by atoms with van der Waals surface area (Å²) in [7, 11) is -3.69. The van der Waals surface area contributed by atoms with E-state index in [9.17, 15) is 12.8 Å². The van der Waals surface area contributed by atoms with Gasteiger partial charge in [0.1, 0.15) is 5.82 Å². The monoisotopic (exact) mass is 301 g/mol. The number of hydrogen-bond donors (Lipinski definition) is 2. The summed E-state index contributed by atoms with van der Waals surface area (Å²) in [5.74, 6) is -0.651. The lowest BCUT2D eigenvalue weighted by atomic mass is 10.3. The lowest BCUT2D eigenvalue weighted by molar-refractivity contribution is 0.334. The van der Waals surface area contributed by atoms with Crippen LogP contribution in [-0.4, -0.2) is 39.5 Å². The zero-order chi connectivity index (χ0) is 14.6. The van der Waals surface area contributed by atoms with Crippen molar-refractivity contribution in [2.24, 2.45) is 0 Å². The number of nitrogen functional groups attached to an aromatic ring is 1. The molecule has 1 heterocycles. The maximum absolute atomic E-state index is 13.2. The first-order valence-electron chi connectivity index (χ1n) is 6.75. The van der Waals surface area contributed by atoms with E-state index in [2.05, 4.69) is 9.62 Å². The Bertz CT molecular complexity index is 536. The minimum absolute atomic E-state index is 0.0995. The van der Waals surface area contributed by atoms with Crippen LogP contribution in [0.5, 0.6) is 0 Å². The van der Waals surface area contributed by atoms with Gasteiger partial charge in [0.05, 0.1) is 4.90 Å². The van der Waals surface area contributed by atoms with Crippen molar-refractivity contribution in [1.29, 1.82) is 0 Å². The number of sulfonamides is 1. The van der Waals surface area contributed by atoms with Crippen LogP contribution in [0.4, 0.5) is 10.1 Å². The molecule has 0 saturated carbocycles. The van der Waals surface area contributed by atoms with Crippen LogP contribution in [0.15, 0.2) is 23.1 Å². The topological polar surface area (TPSA) is 75.4 Å². The first-order chi connectivity index (χ1) is 9.47. The molecular weight excluding hydrogens is 281 g/mol. The van der Waals surface area contributed by atoms with Crippen molar-refractivity contribution in [3.8, 4) is 0 Å². The van der Waals surface area contributed by atoms with Gasteiger partial charge in [-0.1, -0.05) is 0 Å². The normalized spacial score (nSPS) is 16.6. The average Bonchev–Trinajstić information content (AvgIpc) is 2.86. The molecule has 112 valence electrons. The highest BCUT2D eigenvalue weighted by atomic mass is 32.2. The maximum Gasteiger partial charge on any atom is 0.240 e. The number of nitrogens with zero attached hydrogens (tertiary/aromatic N) is 1. The second-order valence-electron chi connectivity index (χ2n) is 5.02. The van der Waals surface area contributed by atoms with Gasteiger partial charge in [-0.2, -0.15) is 0 Å². The lowest BCUT2D eigenvalue weighted by Gasteiger charge is -2.14. The molecule has 0 spiro atoms. The summed E-state index contributed by atoms with van der Waals surface area (Å²) in [6.45, 7) is 3.41. The summed E-state index contributed by atoms with van der Waals surface area (Å²) in [5, 5.41) is 0. The van der Waals surface area contributed by atoms with Crippen LogP contribution in [0.1, 0.15) is 19.3 Å². The van der Waals surface area contributed by atoms with Crippen molar-refractivity contribution in [3.05, 3.63) is 24.0 Å². The van der Waals surface area contributed by atoms with E-state index in [-0.39, 0.29) is 10.6 Å². The zero-order valence-electron chi connectivity index (χ0n) is 11.3. The number of benzene rings is 1. The second kappa shape index (κ2) is 6.51. The van der Waals surface area contributed by atoms with Crippen molar-refractivity contribution in [1.82, 2.24) is 9.62 Å². The Morgan fingerprint density at radius 2 is 1.95 bits per heavy atom. The molecular formula is C13H20FN3O2S. The van der Waals surface area contributed by atoms with Crippen LogP contribution in [0.3, 0.4) is 0 Å². The number of halogens is 1. The fourth-order valence-corrected chi connectivity index (χ4v) is 3.48. The molecule has 1 aromatic rings. The Balaban J connectivity index is 1.86. The molecule has 0 amide bonds. The molecule has 1 aromatic carbocycles. The van der Waals surface area contributed by atoms with Gasteiger partial charge >= 0.3 is 0 Å². The zero-order valence-corrected chi connectivity index (χ0v) is 12.1. The summed E-state index contributed by atoms with van der Waals surface area (Å²) in [5.41, 5.74) is 5.55. The number of likely N-dealkylation sites (tertiary alicyclic amines) is 1. The third kappa shape index (κ3) is 4.16. The molecule has 2 rings (SSSR count). The lowest BCUT2D eigenvalue weighted by Crippen LogP contribution is -2.28. The van der Waals surface area contributed by atoms with Crippen LogP contribution in [0.25, 0.3) is 0 Å². The van der Waals surface area contributed by atoms with Crippen molar-refractivity contribution in [2.45, 2.75) is 24.2 Å². The fraction of sp³-hybridized carbons (Fsp3) is 0.538. The summed E-state index contributed by atoms with van der Waals surface area (Å²) < 4.78 is 39.6. The van der Waals surface area contributed by atoms with E-state index in [0.29, 0.717) is 6.54 Å². The molecule has 3 N–H and O–H groups in total. The first kappa shape index (κ1) is 15.2. The van der Waals surface area contributed by atoms with E-state index in [1.165, 1.54) is 18.9 Å². The van der Waals surface area contributed by atoms with Crippen molar-refractivity contribution >= 4 is 15.7 Å². The molecule has 0 bridgehead atoms. The van der Waals surface area contributed by atoms with Gasteiger partial charge in [-0.15, -0.1) is 0 Å². The van der Waals surface area contributed by atoms with Gasteiger partial charge in [-0.3, -0.25) is 0 Å². The summed E-state index contributed by atoms with van der Waals surface area (Å²) in [6.07, 6.45) is 3.17. The van der Waals surface area contributed by atoms with Gasteiger partial charge in [0.25, 0.3) is 0 Å². The molecule has 0 radical (unpaired) electrons. The quantitative estimate of drug-likeness (QED) is 0.611. The highest BCUT2D eigenvalue weighted by Gasteiger charge is 2.16. The van der Waals surface area contributed by atoms with E-state index in [1.807, 2.05) is 0 Å². The molecule has 0 aliphatic carbocycles. The molecule has 1 aliphatic rings. The Morgan fingerprint density at radius 1 is 1.25 bits per heavy atom. The van der Waals surface area contributed by atoms with Gasteiger partial charge in [-0.05, 0) is 57.1 Å². The van der Waals surface area contributed by atoms with Gasteiger partial charge in [0, 0.05) is 12.2 Å². The molecule has 1 saturated heterocycles. The highest BCUT2D eigenvalue weighted by Crippen LogP contribution is 2.15. The number of nitrogens with one attached hydrogen (secondary N) is 1. The van der Waals surface area contributed by atoms with Crippen molar-refractivity contribution in [2.75, 3.05) is 31.9 Å². The minimum Gasteiger partial charge on any atom is -0.399 e. The summed E-state index contributed by atoms with van der Waals surface area (Å²) >= 11 is 0. The number of anilines is 1. The van der Waals surface area contributed by atoms with Crippen LogP contribution in [0.2, 0.25) is 0 Å². The van der Waals surface area contributed by atoms with Crippen LogP contribution in [0, 0.1) is 5.82 Å². The van der Waals surface area contributed by atoms with Gasteiger partial charge < -0.3 is 10.6 Å². The molecule has 1 aliphatic heterocycles. The van der Waals surface area contributed by atoms with Crippen LogP contribution in [-0.2, 0) is 10.0 Å². The van der Waals surface area contributed by atoms with E-state index in [0.717, 1.165) is 38.2 Å². The highest BCUT2D eigenvalue weighted by molar-refractivity contribution is 7.89. The largest absolute Gasteiger partial charge is 0.399 e. The smallest absolute Gasteiger partial charge is 0.240 e. The molecule has 5 nitrogen and oxygen atoms in total. The third-order valence-corrected chi connectivity index (χ3v) is 4.79. The SMILES string of the molecule is Nc1cc(F)cc(S(=O)(=O)NCCCN2CCCC2)c1. The van der Waals surface area contributed by atoms with E-state index in [4.69, 9.17) is 5.73 Å². The molecule has 20 heavy (non-hydrogen) atoms. The van der Waals surface area contributed by atoms with Gasteiger partial charge in [-0.25, -0.2) is 17.5 Å². The van der Waals surface area contributed by atoms with Crippen molar-refractivity contribution in [3.63, 3.8) is 0 Å². The first-order valence-corrected chi connectivity index (χ1v) is 8.24. The Hall–Kier alpha value is -1.18. The Morgan fingerprint density at radius 3 is 2.60 bits per heavy atom. The molecule has 7 heteroatoms. The van der Waals surface area contributed by atoms with Gasteiger partial charge in [0.2, 0.25) is 10.0 Å². The molecule has 0 aromatic heterocycles. The van der Waals surface area contributed by atoms with Crippen molar-refractivity contribution < 1.29 is 12.8 Å². The number of hydrogen-bond acceptors (Lipinski definition) is 4. The Kier molecular flexibility index (Phi) is 4.95. The predicted octanol–water partition coefficient (Wildman–Crippen LogP) is 1.17. The minimum atomic E-state index is -3.69. The third-order valence-electron chi connectivity index (χ3n) is 3.35.